The van der Waals surface area contributed by atoms with Gasteiger partial charge in [-0.25, -0.2) is 0 Å². The van der Waals surface area contributed by atoms with Crippen molar-refractivity contribution in [3.05, 3.63) is 42.9 Å². The van der Waals surface area contributed by atoms with Crippen LogP contribution in [0.15, 0.2) is 23.0 Å². The monoisotopic (exact) mass is 418 g/mol. The number of hydrogen-bond acceptors (Lipinski definition) is 5. The van der Waals surface area contributed by atoms with Crippen LogP contribution in [0.2, 0.25) is 0 Å². The van der Waals surface area contributed by atoms with E-state index < -0.39 is 0 Å². The van der Waals surface area contributed by atoms with E-state index in [0.717, 1.165) is 17.8 Å². The molecule has 3 aromatic rings. The molecule has 0 bridgehead atoms. The molecule has 2 heterocycles. The predicted octanol–water partition coefficient (Wildman–Crippen LogP) is 3.24. The van der Waals surface area contributed by atoms with E-state index in [-0.39, 0.29) is 29.5 Å². The zero-order chi connectivity index (χ0) is 20.6. The number of hydrogen-bond donors (Lipinski definition) is 3. The summed E-state index contributed by atoms with van der Waals surface area (Å²) in [7, 11) is 0. The minimum atomic E-state index is -0.338. The normalized spacial score (nSPS) is 12.5. The number of aromatic amines is 1. The molecule has 0 aliphatic carbocycles. The van der Waals surface area contributed by atoms with Gasteiger partial charge in [0.1, 0.15) is 10.5 Å². The van der Waals surface area contributed by atoms with Gasteiger partial charge < -0.3 is 15.6 Å². The molecule has 0 aliphatic heterocycles. The molecule has 2 aromatic heterocycles. The molecular formula is C19H22N4O3S2. The van der Waals surface area contributed by atoms with Crippen LogP contribution in [0, 0.1) is 3.95 Å². The minimum absolute atomic E-state index is 0.0389. The van der Waals surface area contributed by atoms with E-state index in [4.69, 9.17) is 12.2 Å². The Labute approximate surface area is 170 Å². The lowest BCUT2D eigenvalue weighted by Gasteiger charge is -2.12. The van der Waals surface area contributed by atoms with Gasteiger partial charge in [-0.15, -0.1) is 0 Å². The highest BCUT2D eigenvalue weighted by atomic mass is 32.1. The molecule has 3 rings (SSSR count). The molecule has 0 aliphatic rings. The number of rotatable bonds is 5. The quantitative estimate of drug-likeness (QED) is 0.554. The van der Waals surface area contributed by atoms with E-state index in [9.17, 15) is 14.4 Å². The first-order valence-electron chi connectivity index (χ1n) is 9.06. The van der Waals surface area contributed by atoms with Crippen LogP contribution in [0.25, 0.3) is 16.6 Å². The number of nitrogens with one attached hydrogen (secondary N) is 3. The second-order valence-electron chi connectivity index (χ2n) is 6.98. The molecule has 7 nitrogen and oxygen atoms in total. The van der Waals surface area contributed by atoms with E-state index >= 15 is 0 Å². The van der Waals surface area contributed by atoms with Crippen molar-refractivity contribution < 1.29 is 9.59 Å². The van der Waals surface area contributed by atoms with Gasteiger partial charge in [0.2, 0.25) is 0 Å². The van der Waals surface area contributed by atoms with Crippen LogP contribution in [0.1, 0.15) is 54.1 Å². The van der Waals surface area contributed by atoms with E-state index in [1.807, 2.05) is 27.7 Å². The lowest BCUT2D eigenvalue weighted by molar-refractivity contribution is 0.0934. The highest BCUT2D eigenvalue weighted by Gasteiger charge is 2.19. The maximum Gasteiger partial charge on any atom is 0.265 e. The molecular weight excluding hydrogens is 396 g/mol. The van der Waals surface area contributed by atoms with Crippen LogP contribution >= 0.6 is 23.6 Å². The third-order valence-corrected chi connectivity index (χ3v) is 5.78. The molecule has 2 amide bonds. The summed E-state index contributed by atoms with van der Waals surface area (Å²) in [6.07, 6.45) is 0.813. The minimum Gasteiger partial charge on any atom is -0.350 e. The Balaban J connectivity index is 2.22. The Morgan fingerprint density at radius 1 is 1.21 bits per heavy atom. The second-order valence-corrected chi connectivity index (χ2v) is 8.62. The second kappa shape index (κ2) is 7.84. The van der Waals surface area contributed by atoms with Crippen LogP contribution in [-0.4, -0.2) is 33.3 Å². The first-order valence-corrected chi connectivity index (χ1v) is 10.3. The van der Waals surface area contributed by atoms with Gasteiger partial charge in [0, 0.05) is 17.6 Å². The van der Waals surface area contributed by atoms with Gasteiger partial charge in [0.25, 0.3) is 17.4 Å². The largest absolute Gasteiger partial charge is 0.350 e. The van der Waals surface area contributed by atoms with Crippen molar-refractivity contribution in [1.29, 1.82) is 0 Å². The van der Waals surface area contributed by atoms with E-state index in [2.05, 4.69) is 15.6 Å². The first kappa shape index (κ1) is 20.2. The van der Waals surface area contributed by atoms with Crippen LogP contribution < -0.4 is 16.2 Å². The smallest absolute Gasteiger partial charge is 0.265 e. The fraction of sp³-hybridized carbons (Fsp3) is 0.368. The first-order chi connectivity index (χ1) is 13.2. The van der Waals surface area contributed by atoms with Crippen LogP contribution in [0.5, 0.6) is 0 Å². The topological polar surface area (TPSA) is 95.5 Å². The third-order valence-electron chi connectivity index (χ3n) is 4.40. The third kappa shape index (κ3) is 3.72. The highest BCUT2D eigenvalue weighted by Crippen LogP contribution is 2.23. The highest BCUT2D eigenvalue weighted by molar-refractivity contribution is 7.73. The van der Waals surface area contributed by atoms with Crippen LogP contribution in [0.3, 0.4) is 0 Å². The lowest BCUT2D eigenvalue weighted by atomic mass is 10.1. The molecule has 148 valence electrons. The fourth-order valence-electron chi connectivity index (χ4n) is 2.82. The lowest BCUT2D eigenvalue weighted by Crippen LogP contribution is -2.32. The van der Waals surface area contributed by atoms with Gasteiger partial charge in [0.15, 0.2) is 3.95 Å². The molecule has 1 aromatic carbocycles. The maximum absolute atomic E-state index is 12.6. The number of carbonyl (C=O) groups is 2. The van der Waals surface area contributed by atoms with Gasteiger partial charge in [-0.1, -0.05) is 18.3 Å². The zero-order valence-electron chi connectivity index (χ0n) is 16.1. The van der Waals surface area contributed by atoms with Gasteiger partial charge >= 0.3 is 0 Å². The summed E-state index contributed by atoms with van der Waals surface area (Å²) in [5, 5.41) is 6.13. The Morgan fingerprint density at radius 3 is 2.57 bits per heavy atom. The number of amides is 2. The zero-order valence-corrected chi connectivity index (χ0v) is 17.7. The Kier molecular flexibility index (Phi) is 5.66. The fourth-order valence-corrected chi connectivity index (χ4v) is 4.11. The number of H-pyrrole nitrogens is 1. The molecule has 0 saturated carbocycles. The number of thiazole rings is 1. The molecule has 3 N–H and O–H groups in total. The van der Waals surface area contributed by atoms with Crippen molar-refractivity contribution in [2.75, 3.05) is 0 Å². The molecule has 0 spiro atoms. The predicted molar refractivity (Wildman–Crippen MR) is 114 cm³/mol. The van der Waals surface area contributed by atoms with Gasteiger partial charge in [-0.2, -0.15) is 0 Å². The summed E-state index contributed by atoms with van der Waals surface area (Å²) in [4.78, 5) is 40.7. The average Bonchev–Trinajstić information content (AvgIpc) is 2.97. The van der Waals surface area contributed by atoms with Gasteiger partial charge in [0.05, 0.1) is 10.9 Å². The van der Waals surface area contributed by atoms with Crippen molar-refractivity contribution in [3.63, 3.8) is 0 Å². The average molecular weight is 419 g/mol. The summed E-state index contributed by atoms with van der Waals surface area (Å²) in [5.41, 5.74) is 0.932. The Hall–Kier alpha value is -2.52. The van der Waals surface area contributed by atoms with Crippen molar-refractivity contribution in [1.82, 2.24) is 20.0 Å². The van der Waals surface area contributed by atoms with E-state index in [1.54, 1.807) is 22.6 Å². The number of carbonyl (C=O) groups excluding carboxylic acids is 2. The van der Waals surface area contributed by atoms with E-state index in [1.165, 1.54) is 0 Å². The molecule has 28 heavy (non-hydrogen) atoms. The number of aromatic nitrogens is 2. The van der Waals surface area contributed by atoms with Crippen molar-refractivity contribution >= 4 is 51.9 Å². The summed E-state index contributed by atoms with van der Waals surface area (Å²) in [5.74, 6) is -0.515. The summed E-state index contributed by atoms with van der Waals surface area (Å²) in [6.45, 7) is 7.63. The van der Waals surface area contributed by atoms with Crippen LogP contribution in [-0.2, 0) is 0 Å². The molecule has 9 heteroatoms. The number of fused-ring (bicyclic) bond motifs is 3. The van der Waals surface area contributed by atoms with Crippen LogP contribution in [0.4, 0.5) is 0 Å². The summed E-state index contributed by atoms with van der Waals surface area (Å²) in [6, 6.07) is 4.85. The van der Waals surface area contributed by atoms with Crippen molar-refractivity contribution in [2.45, 2.75) is 46.2 Å². The maximum atomic E-state index is 12.6. The molecule has 0 radical (unpaired) electrons. The SMILES string of the molecule is CC[C@@H](C)NC(=O)c1ccc2c(=O)[nH]c3c(C(=O)NC(C)C)sc(=S)n3c2c1. The standard InChI is InChI=1S/C19H22N4O3S2/c1-5-10(4)21-16(24)11-6-7-12-13(8-11)23-15(22-17(12)25)14(28-19(23)27)18(26)20-9(2)3/h6-10H,5H2,1-4H3,(H,20,26)(H,21,24)(H,22,25)/t10-/m1/s1. The van der Waals surface area contributed by atoms with Crippen molar-refractivity contribution in [3.8, 4) is 0 Å². The summed E-state index contributed by atoms with van der Waals surface area (Å²) >= 11 is 6.58. The molecule has 0 saturated heterocycles. The molecule has 1 atom stereocenters. The van der Waals surface area contributed by atoms with Crippen molar-refractivity contribution in [2.24, 2.45) is 0 Å². The Bertz CT molecular complexity index is 1190. The molecule has 0 unspecified atom stereocenters. The van der Waals surface area contributed by atoms with E-state index in [0.29, 0.717) is 30.9 Å². The number of nitrogens with zero attached hydrogens (tertiary/aromatic N) is 1. The van der Waals surface area contributed by atoms with Gasteiger partial charge in [-0.05, 0) is 57.6 Å². The number of benzene rings is 1. The Morgan fingerprint density at radius 2 is 1.93 bits per heavy atom. The summed E-state index contributed by atoms with van der Waals surface area (Å²) < 4.78 is 2.07. The van der Waals surface area contributed by atoms with Gasteiger partial charge in [-0.3, -0.25) is 18.8 Å². The molecule has 0 fully saturated rings.